The molecule has 1 aliphatic rings. The summed E-state index contributed by atoms with van der Waals surface area (Å²) in [5.74, 6) is 0. The molecule has 0 N–H and O–H groups in total. The summed E-state index contributed by atoms with van der Waals surface area (Å²) >= 11 is 3.38. The van der Waals surface area contributed by atoms with E-state index in [1.54, 1.807) is 0 Å². The van der Waals surface area contributed by atoms with Crippen LogP contribution in [0.2, 0.25) is 0 Å². The fourth-order valence-electron chi connectivity index (χ4n) is 1.24. The molecule has 1 aliphatic heterocycles. The van der Waals surface area contributed by atoms with E-state index < -0.39 is 0 Å². The molecule has 0 amide bonds. The summed E-state index contributed by atoms with van der Waals surface area (Å²) in [6.45, 7) is 3.78. The van der Waals surface area contributed by atoms with Crippen LogP contribution in [0.25, 0.3) is 0 Å². The monoisotopic (exact) mass is 327 g/mol. The number of halogens is 1. The van der Waals surface area contributed by atoms with Crippen LogP contribution in [-0.4, -0.2) is 11.8 Å². The minimum Gasteiger partial charge on any atom is -0.425 e. The zero-order chi connectivity index (χ0) is 9.26. The third kappa shape index (κ3) is 2.88. The molecule has 0 unspecified atom stereocenters. The predicted octanol–water partition coefficient (Wildman–Crippen LogP) is 2.77. The van der Waals surface area contributed by atoms with E-state index in [1.165, 1.54) is 0 Å². The van der Waals surface area contributed by atoms with Crippen LogP contribution >= 0.6 is 15.9 Å². The van der Waals surface area contributed by atoms with E-state index in [0.29, 0.717) is 0 Å². The molecule has 1 aromatic carbocycles. The van der Waals surface area contributed by atoms with Crippen molar-refractivity contribution in [1.29, 1.82) is 0 Å². The Kier molecular flexibility index (Phi) is 4.75. The van der Waals surface area contributed by atoms with Gasteiger partial charge in [0.15, 0.2) is 0 Å². The van der Waals surface area contributed by atoms with Crippen LogP contribution in [0.5, 0.6) is 0 Å². The van der Waals surface area contributed by atoms with Gasteiger partial charge < -0.3 is 11.8 Å². The number of nitrogens with zero attached hydrogens (tertiary/aromatic N) is 1. The summed E-state index contributed by atoms with van der Waals surface area (Å²) in [5, 5.41) is 3.96. The van der Waals surface area contributed by atoms with Crippen molar-refractivity contribution in [2.75, 3.05) is 0 Å². The van der Waals surface area contributed by atoms with Crippen LogP contribution in [-0.2, 0) is 37.5 Å². The fourth-order valence-corrected chi connectivity index (χ4v) is 1.51. The van der Waals surface area contributed by atoms with Crippen molar-refractivity contribution in [3.63, 3.8) is 0 Å². The quantitative estimate of drug-likeness (QED) is 0.727. The molecule has 0 fully saturated rings. The summed E-state index contributed by atoms with van der Waals surface area (Å²) in [4.78, 5) is 5.02. The number of hydrogen-bond acceptors (Lipinski definition) is 2. The van der Waals surface area contributed by atoms with Gasteiger partial charge in [-0.25, -0.2) is 0 Å². The Bertz CT molecular complexity index is 336. The van der Waals surface area contributed by atoms with Crippen LogP contribution in [0.3, 0.4) is 0 Å². The predicted molar refractivity (Wildman–Crippen MR) is 55.5 cm³/mol. The van der Waals surface area contributed by atoms with Crippen molar-refractivity contribution >= 4 is 21.6 Å². The molecule has 0 aromatic heterocycles. The molecule has 0 saturated heterocycles. The van der Waals surface area contributed by atoms with Crippen LogP contribution < -0.4 is 0 Å². The summed E-state index contributed by atoms with van der Waals surface area (Å²) in [6.07, 6.45) is 0.764. The third-order valence-electron chi connectivity index (χ3n) is 1.91. The second-order valence-corrected chi connectivity index (χ2v) is 3.89. The Balaban J connectivity index is 0.000000980. The first-order chi connectivity index (χ1) is 6.25. The Morgan fingerprint density at radius 3 is 2.50 bits per heavy atom. The maximum Gasteiger partial charge on any atom is 0.0878 e. The molecule has 1 aromatic rings. The molecule has 71 valence electrons. The van der Waals surface area contributed by atoms with E-state index in [2.05, 4.69) is 28.0 Å². The Hall–Kier alpha value is 0.274. The van der Waals surface area contributed by atoms with Crippen molar-refractivity contribution in [1.82, 2.24) is 0 Å². The molecule has 14 heavy (non-hydrogen) atoms. The molecule has 1 atom stereocenters. The normalized spacial score (nSPS) is 19.6. The summed E-state index contributed by atoms with van der Waals surface area (Å²) < 4.78 is 1.07. The standard InChI is InChI=1S/C10H9BrNO.Y/c1-7-6-10(12-13-7)8-2-4-9(11)5-3-8;/h2-5,7H,1,6H2;/q-1;/t7-;/m1./s1. The molecule has 0 bridgehead atoms. The van der Waals surface area contributed by atoms with Crippen LogP contribution in [0, 0.1) is 6.92 Å². The SMILES string of the molecule is [CH2-][C@@H]1CC(c2ccc(Br)cc2)=NO1.[Y]. The van der Waals surface area contributed by atoms with Gasteiger partial charge in [0.1, 0.15) is 0 Å². The fraction of sp³-hybridized carbons (Fsp3) is 0.200. The molecular formula is C10H9BrNOY-. The second-order valence-electron chi connectivity index (χ2n) is 2.98. The van der Waals surface area contributed by atoms with Crippen LogP contribution in [0.4, 0.5) is 0 Å². The average Bonchev–Trinajstić information content (AvgIpc) is 2.53. The summed E-state index contributed by atoms with van der Waals surface area (Å²) in [5.41, 5.74) is 2.09. The molecule has 2 rings (SSSR count). The van der Waals surface area contributed by atoms with Gasteiger partial charge in [-0.3, -0.25) is 0 Å². The Morgan fingerprint density at radius 2 is 2.00 bits per heavy atom. The average molecular weight is 328 g/mol. The topological polar surface area (TPSA) is 21.6 Å². The Labute approximate surface area is 117 Å². The van der Waals surface area contributed by atoms with Gasteiger partial charge in [0, 0.05) is 49.7 Å². The van der Waals surface area contributed by atoms with E-state index in [1.807, 2.05) is 24.3 Å². The van der Waals surface area contributed by atoms with Gasteiger partial charge in [-0.05, 0) is 17.7 Å². The van der Waals surface area contributed by atoms with Crippen LogP contribution in [0.15, 0.2) is 33.9 Å². The van der Waals surface area contributed by atoms with Crippen LogP contribution in [0.1, 0.15) is 12.0 Å². The van der Waals surface area contributed by atoms with E-state index >= 15 is 0 Å². The van der Waals surface area contributed by atoms with E-state index in [-0.39, 0.29) is 38.8 Å². The minimum absolute atomic E-state index is 0. The van der Waals surface area contributed by atoms with Crippen molar-refractivity contribution in [2.45, 2.75) is 12.5 Å². The van der Waals surface area contributed by atoms with Crippen molar-refractivity contribution < 1.29 is 37.5 Å². The number of hydrogen-bond donors (Lipinski definition) is 0. The largest absolute Gasteiger partial charge is 0.425 e. The second kappa shape index (κ2) is 5.38. The first-order valence-electron chi connectivity index (χ1n) is 4.07. The first kappa shape index (κ1) is 12.3. The van der Waals surface area contributed by atoms with Crippen molar-refractivity contribution in [3.8, 4) is 0 Å². The molecule has 2 nitrogen and oxygen atoms in total. The molecule has 4 heteroatoms. The van der Waals surface area contributed by atoms with Gasteiger partial charge in [0.25, 0.3) is 0 Å². The molecule has 1 heterocycles. The molecule has 0 aliphatic carbocycles. The van der Waals surface area contributed by atoms with Crippen molar-refractivity contribution in [2.24, 2.45) is 5.16 Å². The van der Waals surface area contributed by atoms with Gasteiger partial charge in [0.05, 0.1) is 5.71 Å². The third-order valence-corrected chi connectivity index (χ3v) is 2.44. The van der Waals surface area contributed by atoms with E-state index in [0.717, 1.165) is 22.2 Å². The van der Waals surface area contributed by atoms with Gasteiger partial charge in [-0.15, -0.1) is 0 Å². The zero-order valence-corrected chi connectivity index (χ0v) is 12.0. The van der Waals surface area contributed by atoms with Crippen molar-refractivity contribution in [3.05, 3.63) is 41.2 Å². The molecular weight excluding hydrogens is 319 g/mol. The first-order valence-corrected chi connectivity index (χ1v) is 4.87. The number of oxime groups is 1. The number of rotatable bonds is 1. The number of benzene rings is 1. The molecule has 0 saturated carbocycles. The van der Waals surface area contributed by atoms with E-state index in [4.69, 9.17) is 4.84 Å². The summed E-state index contributed by atoms with van der Waals surface area (Å²) in [7, 11) is 0. The zero-order valence-electron chi connectivity index (χ0n) is 7.61. The van der Waals surface area contributed by atoms with Gasteiger partial charge in [0.2, 0.25) is 0 Å². The summed E-state index contributed by atoms with van der Waals surface area (Å²) in [6, 6.07) is 8.02. The molecule has 0 spiro atoms. The smallest absolute Gasteiger partial charge is 0.0878 e. The molecule has 1 radical (unpaired) electrons. The maximum absolute atomic E-state index is 5.02. The van der Waals surface area contributed by atoms with Gasteiger partial charge in [-0.2, -0.15) is 0 Å². The van der Waals surface area contributed by atoms with Gasteiger partial charge >= 0.3 is 0 Å². The van der Waals surface area contributed by atoms with E-state index in [9.17, 15) is 0 Å². The maximum atomic E-state index is 5.02. The minimum atomic E-state index is -0.0290. The Morgan fingerprint density at radius 1 is 1.36 bits per heavy atom. The van der Waals surface area contributed by atoms with Gasteiger partial charge in [-0.1, -0.05) is 33.2 Å².